The molecule has 0 spiro atoms. The van der Waals surface area contributed by atoms with Crippen LogP contribution in [0.3, 0.4) is 0 Å². The number of anilines is 2. The number of carbonyl (C=O) groups excluding carboxylic acids is 1. The highest BCUT2D eigenvalue weighted by Crippen LogP contribution is 2.43. The Labute approximate surface area is 215 Å². The van der Waals surface area contributed by atoms with Gasteiger partial charge in [0.2, 0.25) is 0 Å². The van der Waals surface area contributed by atoms with Crippen LogP contribution in [0, 0.1) is 9.39 Å². The number of benzene rings is 2. The number of ether oxygens (including phenoxy) is 1. The van der Waals surface area contributed by atoms with Crippen LogP contribution < -0.4 is 21.3 Å². The highest BCUT2D eigenvalue weighted by atomic mass is 127. The molecule has 3 aromatic rings. The van der Waals surface area contributed by atoms with Crippen molar-refractivity contribution in [3.63, 3.8) is 0 Å². The molecule has 35 heavy (non-hydrogen) atoms. The Kier molecular flexibility index (Phi) is 6.91. The molecule has 1 amide bonds. The van der Waals surface area contributed by atoms with Crippen LogP contribution in [-0.4, -0.2) is 24.6 Å². The van der Waals surface area contributed by atoms with Gasteiger partial charge in [-0.2, -0.15) is 0 Å². The van der Waals surface area contributed by atoms with E-state index in [1.807, 2.05) is 22.6 Å². The van der Waals surface area contributed by atoms with Crippen molar-refractivity contribution in [1.82, 2.24) is 4.57 Å². The third-order valence-corrected chi connectivity index (χ3v) is 8.90. The van der Waals surface area contributed by atoms with E-state index in [1.54, 1.807) is 31.2 Å². The molecule has 0 bridgehead atoms. The molecule has 0 saturated heterocycles. The summed E-state index contributed by atoms with van der Waals surface area (Å²) >= 11 is 1.97. The Morgan fingerprint density at radius 3 is 2.66 bits per heavy atom. The number of nitrogens with zero attached hydrogens (tertiary/aromatic N) is 1. The monoisotopic (exact) mass is 611 g/mol. The average molecular weight is 611 g/mol. The predicted octanol–water partition coefficient (Wildman–Crippen LogP) is 4.19. The number of fused-ring (bicyclic) bond motifs is 1. The maximum Gasteiger partial charge on any atom is 0.256 e. The minimum Gasteiger partial charge on any atom is -0.456 e. The Morgan fingerprint density at radius 1 is 1.26 bits per heavy atom. The SMILES string of the molecule is CCS(=O)(=O)C1CCc2c(Oc3cc(=O)n(C)c(Nc4ccc(I)cc4F)c3C(N)=O)cccc21. The van der Waals surface area contributed by atoms with Crippen molar-refractivity contribution in [2.75, 3.05) is 11.1 Å². The van der Waals surface area contributed by atoms with Gasteiger partial charge in [0.15, 0.2) is 9.84 Å². The molecule has 1 unspecified atom stereocenters. The number of hydrogen-bond acceptors (Lipinski definition) is 6. The second kappa shape index (κ2) is 9.61. The molecule has 1 aliphatic rings. The van der Waals surface area contributed by atoms with Crippen LogP contribution >= 0.6 is 22.6 Å². The predicted molar refractivity (Wildman–Crippen MR) is 140 cm³/mol. The number of aromatic nitrogens is 1. The minimum atomic E-state index is -3.31. The van der Waals surface area contributed by atoms with Crippen LogP contribution in [0.2, 0.25) is 0 Å². The van der Waals surface area contributed by atoms with Crippen LogP contribution in [0.4, 0.5) is 15.9 Å². The Bertz CT molecular complexity index is 1500. The Morgan fingerprint density at radius 2 is 2.00 bits per heavy atom. The molecule has 1 aliphatic carbocycles. The van der Waals surface area contributed by atoms with Gasteiger partial charge in [0, 0.05) is 22.4 Å². The summed E-state index contributed by atoms with van der Waals surface area (Å²) in [5.74, 6) is -1.24. The second-order valence-corrected chi connectivity index (χ2v) is 11.9. The van der Waals surface area contributed by atoms with Crippen LogP contribution in [-0.2, 0) is 23.3 Å². The normalized spacial score (nSPS) is 15.0. The van der Waals surface area contributed by atoms with Crippen molar-refractivity contribution >= 4 is 49.8 Å². The van der Waals surface area contributed by atoms with Crippen LogP contribution in [0.25, 0.3) is 0 Å². The zero-order valence-corrected chi connectivity index (χ0v) is 21.9. The topological polar surface area (TPSA) is 120 Å². The number of pyridine rings is 1. The summed E-state index contributed by atoms with van der Waals surface area (Å²) in [5, 5.41) is 2.16. The number of carbonyl (C=O) groups is 1. The summed E-state index contributed by atoms with van der Waals surface area (Å²) in [5.41, 5.74) is 6.40. The molecule has 0 saturated carbocycles. The largest absolute Gasteiger partial charge is 0.456 e. The summed E-state index contributed by atoms with van der Waals surface area (Å²) in [6.45, 7) is 1.61. The van der Waals surface area contributed by atoms with E-state index in [4.69, 9.17) is 10.5 Å². The molecule has 3 N–H and O–H groups in total. The van der Waals surface area contributed by atoms with Gasteiger partial charge in [-0.1, -0.05) is 19.1 Å². The standard InChI is InChI=1S/C24H23FIN3O5S/c1-3-35(32,33)20-10-8-14-15(20)5-4-6-18(14)34-19-12-21(30)29(2)24(22(19)23(27)31)28-17-9-7-13(26)11-16(17)25/h4-7,9,11-12,20,28H,3,8,10H2,1-2H3,(H2,27,31). The fourth-order valence-corrected chi connectivity index (χ4v) is 6.17. The molecule has 1 aromatic heterocycles. The molecule has 0 fully saturated rings. The summed E-state index contributed by atoms with van der Waals surface area (Å²) in [7, 11) is -1.89. The van der Waals surface area contributed by atoms with E-state index in [0.717, 1.165) is 10.6 Å². The van der Waals surface area contributed by atoms with E-state index in [0.29, 0.717) is 33.3 Å². The van der Waals surface area contributed by atoms with Crippen molar-refractivity contribution in [2.45, 2.75) is 25.0 Å². The van der Waals surface area contributed by atoms with E-state index in [1.165, 1.54) is 19.2 Å². The zero-order chi connectivity index (χ0) is 25.5. The van der Waals surface area contributed by atoms with Crippen molar-refractivity contribution < 1.29 is 22.3 Å². The average Bonchev–Trinajstić information content (AvgIpc) is 3.24. The lowest BCUT2D eigenvalue weighted by Crippen LogP contribution is -2.25. The lowest BCUT2D eigenvalue weighted by atomic mass is 10.1. The van der Waals surface area contributed by atoms with Gasteiger partial charge in [-0.15, -0.1) is 0 Å². The minimum absolute atomic E-state index is 0.0207. The van der Waals surface area contributed by atoms with Gasteiger partial charge < -0.3 is 15.8 Å². The van der Waals surface area contributed by atoms with Crippen molar-refractivity contribution in [2.24, 2.45) is 12.8 Å². The van der Waals surface area contributed by atoms with Crippen LogP contribution in [0.1, 0.15) is 40.1 Å². The van der Waals surface area contributed by atoms with Crippen LogP contribution in [0.5, 0.6) is 11.5 Å². The van der Waals surface area contributed by atoms with Gasteiger partial charge >= 0.3 is 0 Å². The van der Waals surface area contributed by atoms with Gasteiger partial charge in [0.05, 0.1) is 10.9 Å². The van der Waals surface area contributed by atoms with Gasteiger partial charge in [-0.05, 0) is 70.8 Å². The quantitative estimate of drug-likeness (QED) is 0.387. The maximum absolute atomic E-state index is 14.5. The molecule has 184 valence electrons. The van der Waals surface area contributed by atoms with Crippen molar-refractivity contribution in [3.05, 3.63) is 78.9 Å². The number of sulfone groups is 1. The van der Waals surface area contributed by atoms with Crippen LogP contribution in [0.15, 0.2) is 47.3 Å². The highest BCUT2D eigenvalue weighted by molar-refractivity contribution is 14.1. The summed E-state index contributed by atoms with van der Waals surface area (Å²) in [6.07, 6.45) is 0.884. The summed E-state index contributed by atoms with van der Waals surface area (Å²) in [6, 6.07) is 10.7. The van der Waals surface area contributed by atoms with E-state index in [2.05, 4.69) is 5.32 Å². The first-order chi connectivity index (χ1) is 16.5. The molecule has 0 radical (unpaired) electrons. The summed E-state index contributed by atoms with van der Waals surface area (Å²) in [4.78, 5) is 25.2. The first-order valence-corrected chi connectivity index (χ1v) is 13.6. The number of primary amides is 1. The molecule has 1 heterocycles. The van der Waals surface area contributed by atoms with E-state index in [-0.39, 0.29) is 28.6 Å². The summed E-state index contributed by atoms with van der Waals surface area (Å²) < 4.78 is 47.4. The number of hydrogen-bond donors (Lipinski definition) is 2. The third-order valence-electron chi connectivity index (χ3n) is 6.06. The van der Waals surface area contributed by atoms with E-state index in [9.17, 15) is 22.4 Å². The number of halogens is 2. The second-order valence-electron chi connectivity index (χ2n) is 8.15. The van der Waals surface area contributed by atoms with E-state index < -0.39 is 32.4 Å². The maximum atomic E-state index is 14.5. The Balaban J connectivity index is 1.81. The molecule has 2 aromatic carbocycles. The number of nitrogens with two attached hydrogens (primary N) is 1. The smallest absolute Gasteiger partial charge is 0.256 e. The molecule has 8 nitrogen and oxygen atoms in total. The molecule has 11 heteroatoms. The van der Waals surface area contributed by atoms with Crippen molar-refractivity contribution in [3.8, 4) is 11.5 Å². The fraction of sp³-hybridized carbons (Fsp3) is 0.250. The zero-order valence-electron chi connectivity index (χ0n) is 19.0. The molecule has 1 atom stereocenters. The molecular formula is C24H23FIN3O5S. The molecular weight excluding hydrogens is 588 g/mol. The third kappa shape index (κ3) is 4.79. The lowest BCUT2D eigenvalue weighted by Gasteiger charge is -2.19. The Hall–Kier alpha value is -2.93. The highest BCUT2D eigenvalue weighted by Gasteiger charge is 2.34. The lowest BCUT2D eigenvalue weighted by molar-refractivity contribution is 0.0998. The van der Waals surface area contributed by atoms with Crippen molar-refractivity contribution in [1.29, 1.82) is 0 Å². The fourth-order valence-electron chi connectivity index (χ4n) is 4.23. The van der Waals surface area contributed by atoms with Gasteiger partial charge in [-0.25, -0.2) is 12.8 Å². The van der Waals surface area contributed by atoms with Gasteiger partial charge in [0.1, 0.15) is 28.7 Å². The number of rotatable bonds is 7. The first-order valence-electron chi connectivity index (χ1n) is 10.8. The number of nitrogens with one attached hydrogen (secondary N) is 1. The van der Waals surface area contributed by atoms with Gasteiger partial charge in [0.25, 0.3) is 11.5 Å². The van der Waals surface area contributed by atoms with E-state index >= 15 is 0 Å². The van der Waals surface area contributed by atoms with Gasteiger partial charge in [-0.3, -0.25) is 14.2 Å². The first kappa shape index (κ1) is 25.2. The number of amides is 1. The molecule has 4 rings (SSSR count). The molecule has 0 aliphatic heterocycles.